The lowest BCUT2D eigenvalue weighted by atomic mass is 10.1. The highest BCUT2D eigenvalue weighted by molar-refractivity contribution is 7.21. The molecule has 10 aliphatic rings. The van der Waals surface area contributed by atoms with Gasteiger partial charge in [0, 0.05) is 86.2 Å². The van der Waals surface area contributed by atoms with Crippen LogP contribution in [0.2, 0.25) is 0 Å². The molecule has 4 heteroatoms. The van der Waals surface area contributed by atoms with Crippen LogP contribution in [0, 0.1) is 47.4 Å². The summed E-state index contributed by atoms with van der Waals surface area (Å²) in [7, 11) is 0. The van der Waals surface area contributed by atoms with Gasteiger partial charge in [-0.2, -0.15) is 0 Å². The second kappa shape index (κ2) is 15.9. The highest BCUT2D eigenvalue weighted by Gasteiger charge is 2.11. The minimum absolute atomic E-state index is 0.908. The van der Waals surface area contributed by atoms with Crippen LogP contribution in [0.5, 0.6) is 0 Å². The van der Waals surface area contributed by atoms with Crippen LogP contribution in [-0.2, 0) is 25.7 Å². The van der Waals surface area contributed by atoms with E-state index < -0.39 is 0 Å². The maximum absolute atomic E-state index is 3.23. The average Bonchev–Trinajstić information content (AvgIpc) is 4.05. The van der Waals surface area contributed by atoms with Gasteiger partial charge in [0.2, 0.25) is 0 Å². The van der Waals surface area contributed by atoms with Gasteiger partial charge in [-0.25, -0.2) is 0 Å². The molecule has 0 amide bonds. The molecule has 20 bridgehead atoms. The van der Waals surface area contributed by atoms with Gasteiger partial charge in [-0.05, 0) is 165 Å². The largest absolute Gasteiger partial charge is 0.140 e. The third-order valence-electron chi connectivity index (χ3n) is 10.8. The lowest BCUT2D eigenvalue weighted by Gasteiger charge is -1.99. The SMILES string of the molecule is C1#Cc2ccc(cc2)Cc2cc3cc4sc(cc4cc3s2)Cc2ccc(cc2)C#CC#Cc2ccc(cc2)Cc2cc3cc4sc(cc4cc3s2)Cc2ccc(cc2)C#C1. The van der Waals surface area contributed by atoms with E-state index in [1.807, 2.05) is 45.3 Å². The molecule has 10 aliphatic heterocycles. The van der Waals surface area contributed by atoms with Crippen LogP contribution in [0.1, 0.15) is 64.0 Å². The lowest BCUT2D eigenvalue weighted by Crippen LogP contribution is -1.85. The summed E-state index contributed by atoms with van der Waals surface area (Å²) >= 11 is 7.56. The van der Waals surface area contributed by atoms with Gasteiger partial charge < -0.3 is 0 Å². The molecular formula is C56H32S4. The molecule has 0 nitrogen and oxygen atoms in total. The van der Waals surface area contributed by atoms with Crippen LogP contribution in [0.15, 0.2) is 146 Å². The number of hydrogen-bond acceptors (Lipinski definition) is 4. The van der Waals surface area contributed by atoms with Gasteiger partial charge in [-0.3, -0.25) is 0 Å². The van der Waals surface area contributed by atoms with E-state index in [0.717, 1.165) is 47.9 Å². The number of thiophene rings is 4. The first-order valence-corrected chi connectivity index (χ1v) is 23.1. The topological polar surface area (TPSA) is 0 Å². The first-order chi connectivity index (χ1) is 29.6. The smallest absolute Gasteiger partial charge is 0.0352 e. The molecule has 0 atom stereocenters. The fraction of sp³-hybridized carbons (Fsp3) is 0.0714. The molecule has 10 aromatic rings. The first-order valence-electron chi connectivity index (χ1n) is 19.9. The van der Waals surface area contributed by atoms with E-state index in [1.54, 1.807) is 0 Å². The predicted molar refractivity (Wildman–Crippen MR) is 259 cm³/mol. The van der Waals surface area contributed by atoms with Gasteiger partial charge in [0.15, 0.2) is 0 Å². The Bertz CT molecular complexity index is 2950. The second-order valence-electron chi connectivity index (χ2n) is 15.2. The Labute approximate surface area is 365 Å². The first kappa shape index (κ1) is 36.5. The van der Waals surface area contributed by atoms with Gasteiger partial charge in [-0.15, -0.1) is 45.3 Å². The third-order valence-corrected chi connectivity index (χ3v) is 15.2. The second-order valence-corrected chi connectivity index (χ2v) is 19.9. The summed E-state index contributed by atoms with van der Waals surface area (Å²) in [4.78, 5) is 5.48. The van der Waals surface area contributed by atoms with Crippen molar-refractivity contribution in [2.45, 2.75) is 25.7 Å². The highest BCUT2D eigenvalue weighted by atomic mass is 32.1. The molecule has 0 spiro atoms. The van der Waals surface area contributed by atoms with Crippen molar-refractivity contribution in [1.29, 1.82) is 0 Å². The summed E-state index contributed by atoms with van der Waals surface area (Å²) in [5, 5.41) is 5.27. The third kappa shape index (κ3) is 8.04. The zero-order valence-corrected chi connectivity index (χ0v) is 35.6. The molecule has 0 N–H and O–H groups in total. The van der Waals surface area contributed by atoms with Crippen molar-refractivity contribution in [3.63, 3.8) is 0 Å². The maximum atomic E-state index is 3.23. The van der Waals surface area contributed by atoms with Crippen molar-refractivity contribution in [3.05, 3.63) is 210 Å². The Balaban J connectivity index is 0.865. The van der Waals surface area contributed by atoms with E-state index in [1.165, 1.54) is 82.1 Å². The summed E-state index contributed by atoms with van der Waals surface area (Å²) in [5.74, 6) is 25.1. The van der Waals surface area contributed by atoms with Gasteiger partial charge in [-0.1, -0.05) is 72.2 Å². The van der Waals surface area contributed by atoms with E-state index in [0.29, 0.717) is 0 Å². The molecule has 14 heterocycles. The summed E-state index contributed by atoms with van der Waals surface area (Å²) in [6.45, 7) is 0. The molecule has 60 heavy (non-hydrogen) atoms. The van der Waals surface area contributed by atoms with Crippen molar-refractivity contribution in [3.8, 4) is 47.4 Å². The van der Waals surface area contributed by atoms with Gasteiger partial charge in [0.1, 0.15) is 0 Å². The Kier molecular flexibility index (Phi) is 9.65. The molecule has 0 unspecified atom stereocenters. The summed E-state index contributed by atoms with van der Waals surface area (Å²) < 4.78 is 5.35. The predicted octanol–water partition coefficient (Wildman–Crippen LogP) is 14.0. The summed E-state index contributed by atoms with van der Waals surface area (Å²) in [5.41, 5.74) is 9.04. The fourth-order valence-electron chi connectivity index (χ4n) is 7.75. The van der Waals surface area contributed by atoms with Crippen LogP contribution >= 0.6 is 45.3 Å². The number of hydrogen-bond donors (Lipinski definition) is 0. The highest BCUT2D eigenvalue weighted by Crippen LogP contribution is 2.37. The van der Waals surface area contributed by atoms with Crippen molar-refractivity contribution in [2.24, 2.45) is 0 Å². The van der Waals surface area contributed by atoms with Crippen molar-refractivity contribution in [2.75, 3.05) is 0 Å². The molecule has 20 rings (SSSR count). The number of benzene rings is 6. The van der Waals surface area contributed by atoms with Gasteiger partial charge >= 0.3 is 0 Å². The standard InChI is InChI=1S/C56H32S4/c1-2-6-38-11-19-42(20-12-38)26-50-30-46-35-56-48(36-54(46)58-50)32-52(60-56)28-44-23-15-40(16-24-44)8-4-3-7-39-13-21-43(22-14-39)27-51-31-47-34-53-45(33-55(47)59-51)29-49(57-53)25-41-17-9-37(5-1)10-18-41/h9-24,29-36H,25-28H2. The average molecular weight is 833 g/mol. The van der Waals surface area contributed by atoms with E-state index in [4.69, 9.17) is 0 Å². The Hall–Kier alpha value is -6.60. The molecule has 0 radical (unpaired) electrons. The summed E-state index contributed by atoms with van der Waals surface area (Å²) in [6.07, 6.45) is 3.63. The molecule has 280 valence electrons. The van der Waals surface area contributed by atoms with E-state index >= 15 is 0 Å². The number of rotatable bonds is 0. The molecule has 0 aliphatic carbocycles. The van der Waals surface area contributed by atoms with Crippen LogP contribution in [0.3, 0.4) is 0 Å². The maximum Gasteiger partial charge on any atom is 0.0352 e. The van der Waals surface area contributed by atoms with Crippen LogP contribution in [0.25, 0.3) is 40.3 Å². The van der Waals surface area contributed by atoms with Crippen LogP contribution in [-0.4, -0.2) is 0 Å². The van der Waals surface area contributed by atoms with Crippen LogP contribution in [0.4, 0.5) is 0 Å². The molecule has 4 aromatic heterocycles. The van der Waals surface area contributed by atoms with Gasteiger partial charge in [0.25, 0.3) is 0 Å². The Morgan fingerprint density at radius 2 is 0.483 bits per heavy atom. The van der Waals surface area contributed by atoms with Crippen molar-refractivity contribution < 1.29 is 0 Å². The quantitative estimate of drug-likeness (QED) is 0.134. The molecule has 0 saturated heterocycles. The summed E-state index contributed by atoms with van der Waals surface area (Å²) in [6, 6.07) is 53.2. The zero-order valence-electron chi connectivity index (χ0n) is 32.3. The molecule has 0 saturated carbocycles. The molecule has 0 fully saturated rings. The zero-order chi connectivity index (χ0) is 39.8. The minimum atomic E-state index is 0.908. The van der Waals surface area contributed by atoms with E-state index in [9.17, 15) is 0 Å². The fourth-order valence-corrected chi connectivity index (χ4v) is 12.3. The Morgan fingerprint density at radius 1 is 0.267 bits per heavy atom. The van der Waals surface area contributed by atoms with E-state index in [2.05, 4.69) is 193 Å². The molecule has 6 aromatic carbocycles. The van der Waals surface area contributed by atoms with Gasteiger partial charge in [0.05, 0.1) is 0 Å². The van der Waals surface area contributed by atoms with E-state index in [-0.39, 0.29) is 0 Å². The Morgan fingerprint density at radius 3 is 0.700 bits per heavy atom. The van der Waals surface area contributed by atoms with Crippen molar-refractivity contribution >= 4 is 85.7 Å². The van der Waals surface area contributed by atoms with Crippen LogP contribution < -0.4 is 0 Å². The van der Waals surface area contributed by atoms with Crippen molar-refractivity contribution in [1.82, 2.24) is 0 Å². The normalized spacial score (nSPS) is 12.4. The minimum Gasteiger partial charge on any atom is -0.140 e. The molecular weight excluding hydrogens is 801 g/mol. The lowest BCUT2D eigenvalue weighted by molar-refractivity contribution is 1.24. The monoisotopic (exact) mass is 832 g/mol.